The van der Waals surface area contributed by atoms with E-state index in [-0.39, 0.29) is 24.0 Å². The number of ether oxygens (including phenoxy) is 2. The molecule has 27 heavy (non-hydrogen) atoms. The van der Waals surface area contributed by atoms with Crippen LogP contribution in [0.25, 0.3) is 0 Å². The van der Waals surface area contributed by atoms with Crippen LogP contribution in [-0.4, -0.2) is 31.1 Å². The Labute approximate surface area is 154 Å². The number of aromatic hydroxyl groups is 1. The molecule has 0 aromatic heterocycles. The molecular weight excluding hydrogens is 363 g/mol. The van der Waals surface area contributed by atoms with Gasteiger partial charge in [0, 0.05) is 6.54 Å². The lowest BCUT2D eigenvalue weighted by molar-refractivity contribution is -0.274. The van der Waals surface area contributed by atoms with Crippen molar-refractivity contribution in [2.45, 2.75) is 19.3 Å². The van der Waals surface area contributed by atoms with Crippen LogP contribution in [0.15, 0.2) is 47.5 Å². The lowest BCUT2D eigenvalue weighted by atomic mass is 10.1. The first-order valence-corrected chi connectivity index (χ1v) is 8.02. The number of nitrogens with two attached hydrogens (primary N) is 1. The maximum atomic E-state index is 12.1. The summed E-state index contributed by atoms with van der Waals surface area (Å²) in [6, 6.07) is 10.6. The highest BCUT2D eigenvalue weighted by Crippen LogP contribution is 2.29. The first kappa shape index (κ1) is 20.2. The summed E-state index contributed by atoms with van der Waals surface area (Å²) in [4.78, 5) is 4.12. The number of para-hydroxylation sites is 1. The number of hydrogen-bond acceptors (Lipinski definition) is 4. The number of nitrogens with zero attached hydrogens (tertiary/aromatic N) is 1. The Kier molecular flexibility index (Phi) is 6.75. The zero-order chi connectivity index (χ0) is 19.9. The predicted molar refractivity (Wildman–Crippen MR) is 94.8 cm³/mol. The van der Waals surface area contributed by atoms with Gasteiger partial charge in [-0.1, -0.05) is 24.3 Å². The third-order valence-corrected chi connectivity index (χ3v) is 3.59. The number of benzene rings is 2. The molecule has 0 amide bonds. The van der Waals surface area contributed by atoms with Gasteiger partial charge in [0.05, 0.1) is 13.7 Å². The van der Waals surface area contributed by atoms with Crippen molar-refractivity contribution in [1.82, 2.24) is 5.32 Å². The van der Waals surface area contributed by atoms with Gasteiger partial charge in [-0.05, 0) is 35.7 Å². The van der Waals surface area contributed by atoms with Crippen LogP contribution in [0.4, 0.5) is 13.2 Å². The van der Waals surface area contributed by atoms with Crippen LogP contribution in [0.2, 0.25) is 0 Å². The summed E-state index contributed by atoms with van der Waals surface area (Å²) in [7, 11) is 1.48. The Bertz CT molecular complexity index is 778. The molecule has 146 valence electrons. The highest BCUT2D eigenvalue weighted by Gasteiger charge is 2.30. The van der Waals surface area contributed by atoms with E-state index in [1.54, 1.807) is 18.2 Å². The standard InChI is InChI=1S/C18H20F3N3O3/c1-26-15-4-2-3-13(16(15)25)9-10-23-17(22)24-11-12-5-7-14(8-6-12)27-18(19,20)21/h2-8,25H,9-11H2,1H3,(H3,22,23,24). The summed E-state index contributed by atoms with van der Waals surface area (Å²) in [6.45, 7) is 0.643. The maximum Gasteiger partial charge on any atom is 0.573 e. The molecule has 0 radical (unpaired) electrons. The number of phenols is 1. The lowest BCUT2D eigenvalue weighted by Crippen LogP contribution is -2.33. The molecule has 0 atom stereocenters. The van der Waals surface area contributed by atoms with Gasteiger partial charge in [-0.25, -0.2) is 4.99 Å². The van der Waals surface area contributed by atoms with Gasteiger partial charge in [-0.3, -0.25) is 0 Å². The van der Waals surface area contributed by atoms with Crippen LogP contribution in [0.1, 0.15) is 11.1 Å². The Morgan fingerprint density at radius 3 is 2.52 bits per heavy atom. The summed E-state index contributed by atoms with van der Waals surface area (Å²) in [6.07, 6.45) is -4.21. The third kappa shape index (κ3) is 6.61. The number of aliphatic imine (C=N–C) groups is 1. The van der Waals surface area contributed by atoms with E-state index in [4.69, 9.17) is 10.5 Å². The first-order chi connectivity index (χ1) is 12.8. The molecule has 0 aliphatic carbocycles. The second-order valence-corrected chi connectivity index (χ2v) is 5.54. The summed E-state index contributed by atoms with van der Waals surface area (Å²) in [5.41, 5.74) is 7.16. The number of halogens is 3. The van der Waals surface area contributed by atoms with Crippen LogP contribution in [0.3, 0.4) is 0 Å². The van der Waals surface area contributed by atoms with E-state index in [9.17, 15) is 18.3 Å². The molecule has 2 rings (SSSR count). The monoisotopic (exact) mass is 383 g/mol. The van der Waals surface area contributed by atoms with Crippen LogP contribution >= 0.6 is 0 Å². The first-order valence-electron chi connectivity index (χ1n) is 8.02. The Hall–Kier alpha value is -3.10. The molecular formula is C18H20F3N3O3. The van der Waals surface area contributed by atoms with Gasteiger partial charge in [0.25, 0.3) is 0 Å². The minimum absolute atomic E-state index is 0.0819. The molecule has 0 bridgehead atoms. The summed E-state index contributed by atoms with van der Waals surface area (Å²) < 4.78 is 45.2. The van der Waals surface area contributed by atoms with E-state index < -0.39 is 6.36 Å². The second-order valence-electron chi connectivity index (χ2n) is 5.54. The number of methoxy groups -OCH3 is 1. The van der Waals surface area contributed by atoms with Crippen molar-refractivity contribution in [3.05, 3.63) is 53.6 Å². The van der Waals surface area contributed by atoms with E-state index in [0.717, 1.165) is 0 Å². The maximum absolute atomic E-state index is 12.1. The second kappa shape index (κ2) is 9.02. The zero-order valence-electron chi connectivity index (χ0n) is 14.6. The normalized spacial score (nSPS) is 11.9. The van der Waals surface area contributed by atoms with Crippen LogP contribution in [0, 0.1) is 0 Å². The fraction of sp³-hybridized carbons (Fsp3) is 0.278. The quantitative estimate of drug-likeness (QED) is 0.505. The van der Waals surface area contributed by atoms with Crippen molar-refractivity contribution < 1.29 is 27.8 Å². The molecule has 4 N–H and O–H groups in total. The fourth-order valence-corrected chi connectivity index (χ4v) is 2.29. The summed E-state index contributed by atoms with van der Waals surface area (Å²) in [5, 5.41) is 12.9. The Balaban J connectivity index is 1.82. The van der Waals surface area contributed by atoms with Gasteiger partial charge in [0.2, 0.25) is 0 Å². The molecule has 9 heteroatoms. The molecule has 6 nitrogen and oxygen atoms in total. The van der Waals surface area contributed by atoms with E-state index >= 15 is 0 Å². The molecule has 0 saturated heterocycles. The van der Waals surface area contributed by atoms with Crippen molar-refractivity contribution in [3.63, 3.8) is 0 Å². The third-order valence-electron chi connectivity index (χ3n) is 3.59. The van der Waals surface area contributed by atoms with Crippen molar-refractivity contribution in [2.24, 2.45) is 10.7 Å². The molecule has 0 spiro atoms. The van der Waals surface area contributed by atoms with Gasteiger partial charge in [-0.15, -0.1) is 13.2 Å². The Morgan fingerprint density at radius 2 is 1.89 bits per heavy atom. The SMILES string of the molecule is COc1cccc(CCNC(N)=NCc2ccc(OC(F)(F)F)cc2)c1O. The molecule has 2 aromatic rings. The van der Waals surface area contributed by atoms with Gasteiger partial charge in [-0.2, -0.15) is 0 Å². The molecule has 0 aliphatic rings. The van der Waals surface area contributed by atoms with Crippen molar-refractivity contribution >= 4 is 5.96 Å². The largest absolute Gasteiger partial charge is 0.573 e. The molecule has 0 unspecified atom stereocenters. The number of nitrogens with one attached hydrogen (secondary N) is 1. The topological polar surface area (TPSA) is 89.1 Å². The highest BCUT2D eigenvalue weighted by molar-refractivity contribution is 5.77. The molecule has 0 fully saturated rings. The van der Waals surface area contributed by atoms with Crippen LogP contribution < -0.4 is 20.5 Å². The fourth-order valence-electron chi connectivity index (χ4n) is 2.29. The average Bonchev–Trinajstić information content (AvgIpc) is 2.61. The van der Waals surface area contributed by atoms with Crippen LogP contribution in [-0.2, 0) is 13.0 Å². The minimum atomic E-state index is -4.72. The van der Waals surface area contributed by atoms with E-state index in [0.29, 0.717) is 29.8 Å². The molecule has 0 aliphatic heterocycles. The van der Waals surface area contributed by atoms with Crippen molar-refractivity contribution in [1.29, 1.82) is 0 Å². The lowest BCUT2D eigenvalue weighted by Gasteiger charge is -2.10. The number of guanidine groups is 1. The van der Waals surface area contributed by atoms with Crippen molar-refractivity contribution in [2.75, 3.05) is 13.7 Å². The Morgan fingerprint density at radius 1 is 1.19 bits per heavy atom. The number of phenolic OH excluding ortho intramolecular Hbond substituents is 1. The van der Waals surface area contributed by atoms with Gasteiger partial charge in [0.1, 0.15) is 5.75 Å². The summed E-state index contributed by atoms with van der Waals surface area (Å²) >= 11 is 0. The van der Waals surface area contributed by atoms with Gasteiger partial charge < -0.3 is 25.6 Å². The highest BCUT2D eigenvalue weighted by atomic mass is 19.4. The number of rotatable bonds is 7. The van der Waals surface area contributed by atoms with E-state index in [1.807, 2.05) is 0 Å². The zero-order valence-corrected chi connectivity index (χ0v) is 14.6. The summed E-state index contributed by atoms with van der Waals surface area (Å²) in [5.74, 6) is 0.373. The van der Waals surface area contributed by atoms with Crippen LogP contribution in [0.5, 0.6) is 17.2 Å². The molecule has 2 aromatic carbocycles. The smallest absolute Gasteiger partial charge is 0.504 e. The minimum Gasteiger partial charge on any atom is -0.504 e. The van der Waals surface area contributed by atoms with Gasteiger partial charge in [0.15, 0.2) is 17.5 Å². The number of hydrogen-bond donors (Lipinski definition) is 3. The molecule has 0 heterocycles. The van der Waals surface area contributed by atoms with Crippen molar-refractivity contribution in [3.8, 4) is 17.2 Å². The van der Waals surface area contributed by atoms with E-state index in [2.05, 4.69) is 15.0 Å². The van der Waals surface area contributed by atoms with E-state index in [1.165, 1.54) is 31.4 Å². The van der Waals surface area contributed by atoms with Gasteiger partial charge >= 0.3 is 6.36 Å². The molecule has 0 saturated carbocycles. The average molecular weight is 383 g/mol. The predicted octanol–water partition coefficient (Wildman–Crippen LogP) is 2.95. The number of alkyl halides is 3.